The van der Waals surface area contributed by atoms with E-state index < -0.39 is 30.3 Å². The molecule has 0 spiro atoms. The first-order chi connectivity index (χ1) is 17.4. The second-order valence-corrected chi connectivity index (χ2v) is 9.96. The Kier molecular flexibility index (Phi) is 7.69. The molecule has 0 N–H and O–H groups in total. The van der Waals surface area contributed by atoms with Gasteiger partial charge in [-0.05, 0) is 36.2 Å². The van der Waals surface area contributed by atoms with Crippen LogP contribution >= 0.6 is 11.6 Å². The van der Waals surface area contributed by atoms with Crippen molar-refractivity contribution in [3.63, 3.8) is 0 Å². The highest BCUT2D eigenvalue weighted by Gasteiger charge is 2.62. The molecule has 1 fully saturated rings. The molecular weight excluding hydrogens is 515 g/mol. The molecule has 1 amide bonds. The Balaban J connectivity index is 1.64. The second-order valence-electron chi connectivity index (χ2n) is 9.55. The van der Waals surface area contributed by atoms with Crippen LogP contribution in [0.25, 0.3) is 0 Å². The maximum absolute atomic E-state index is 14.3. The van der Waals surface area contributed by atoms with Crippen molar-refractivity contribution in [3.8, 4) is 0 Å². The first-order valence-electron chi connectivity index (χ1n) is 12.1. The van der Waals surface area contributed by atoms with Crippen LogP contribution in [-0.2, 0) is 4.79 Å². The van der Waals surface area contributed by atoms with E-state index in [9.17, 15) is 26.7 Å². The number of rotatable bonds is 5. The number of nitrogens with zero attached hydrogens (tertiary/aromatic N) is 4. The number of carbonyl (C=O) groups is 1. The Morgan fingerprint density at radius 1 is 1.00 bits per heavy atom. The van der Waals surface area contributed by atoms with Gasteiger partial charge in [0, 0.05) is 44.2 Å². The molecule has 0 aromatic heterocycles. The molecular formula is C26H28ClF5N4O. The van der Waals surface area contributed by atoms with Crippen molar-refractivity contribution in [2.75, 3.05) is 36.1 Å². The average molecular weight is 543 g/mol. The van der Waals surface area contributed by atoms with Crippen molar-refractivity contribution in [1.82, 2.24) is 4.90 Å². The van der Waals surface area contributed by atoms with Crippen molar-refractivity contribution in [2.45, 2.75) is 44.8 Å². The molecule has 1 saturated heterocycles. The molecule has 1 unspecified atom stereocenters. The topological polar surface area (TPSA) is 39.2 Å². The number of hydrazone groups is 1. The van der Waals surface area contributed by atoms with Gasteiger partial charge in [0.2, 0.25) is 5.91 Å². The number of anilines is 2. The summed E-state index contributed by atoms with van der Waals surface area (Å²) in [5, 5.41) is 5.10. The van der Waals surface area contributed by atoms with Gasteiger partial charge in [-0.3, -0.25) is 9.80 Å². The van der Waals surface area contributed by atoms with Gasteiger partial charge in [-0.1, -0.05) is 49.7 Å². The van der Waals surface area contributed by atoms with Crippen molar-refractivity contribution in [3.05, 3.63) is 59.1 Å². The lowest BCUT2D eigenvalue weighted by atomic mass is 9.98. The monoisotopic (exact) mass is 542 g/mol. The van der Waals surface area contributed by atoms with Gasteiger partial charge < -0.3 is 9.80 Å². The molecule has 200 valence electrons. The lowest BCUT2D eigenvalue weighted by Crippen LogP contribution is -2.43. The quantitative estimate of drug-likeness (QED) is 0.403. The van der Waals surface area contributed by atoms with E-state index in [2.05, 4.69) is 10.0 Å². The molecule has 11 heteroatoms. The minimum atomic E-state index is -5.76. The fourth-order valence-corrected chi connectivity index (χ4v) is 4.90. The first kappa shape index (κ1) is 27.2. The smallest absolute Gasteiger partial charge is 0.370 e. The zero-order valence-electron chi connectivity index (χ0n) is 20.5. The van der Waals surface area contributed by atoms with Gasteiger partial charge in [0.1, 0.15) is 5.71 Å². The third-order valence-corrected chi connectivity index (χ3v) is 6.97. The van der Waals surface area contributed by atoms with Crippen molar-refractivity contribution in [1.29, 1.82) is 0 Å². The number of halogens is 6. The van der Waals surface area contributed by atoms with Crippen LogP contribution in [0.4, 0.5) is 33.3 Å². The number of benzene rings is 2. The van der Waals surface area contributed by atoms with Gasteiger partial charge in [0.05, 0.1) is 16.8 Å². The van der Waals surface area contributed by atoms with Crippen LogP contribution in [0.3, 0.4) is 0 Å². The zero-order valence-corrected chi connectivity index (χ0v) is 21.2. The number of amides is 1. The molecule has 2 aliphatic rings. The highest BCUT2D eigenvalue weighted by molar-refractivity contribution is 6.33. The lowest BCUT2D eigenvalue weighted by Gasteiger charge is -2.28. The van der Waals surface area contributed by atoms with Crippen LogP contribution in [0.15, 0.2) is 53.6 Å². The summed E-state index contributed by atoms with van der Waals surface area (Å²) >= 11 is 6.28. The standard InChI is InChI=1S/C26H28ClF5N4O/c1-17(2)24(37)35-12-6-11-34(13-14-35)19-8-5-7-18(15-19)22-16-23(25(28,29)26(30,31)32)33-36(22)21-10-4-3-9-20(21)27/h3-5,7-10,15,17,22H,6,11-14,16H2,1-2H3. The lowest BCUT2D eigenvalue weighted by molar-refractivity contribution is -0.249. The normalized spacial score (nSPS) is 19.3. The molecule has 37 heavy (non-hydrogen) atoms. The largest absolute Gasteiger partial charge is 0.459 e. The molecule has 0 radical (unpaired) electrons. The maximum atomic E-state index is 14.3. The SMILES string of the molecule is CC(C)C(=O)N1CCCN(c2cccc(C3CC(C(F)(F)C(F)(F)F)=NN3c3ccccc3Cl)c2)CC1. The van der Waals surface area contributed by atoms with Crippen LogP contribution in [0.5, 0.6) is 0 Å². The number of hydrogen-bond donors (Lipinski definition) is 0. The Labute approximate surface area is 217 Å². The molecule has 2 aromatic carbocycles. The Bertz CT molecular complexity index is 1170. The molecule has 5 nitrogen and oxygen atoms in total. The highest BCUT2D eigenvalue weighted by Crippen LogP contribution is 2.46. The second kappa shape index (κ2) is 10.5. The summed E-state index contributed by atoms with van der Waals surface area (Å²) in [6, 6.07) is 12.5. The van der Waals surface area contributed by atoms with Gasteiger partial charge in [0.15, 0.2) is 0 Å². The van der Waals surface area contributed by atoms with E-state index in [-0.39, 0.29) is 22.5 Å². The summed E-state index contributed by atoms with van der Waals surface area (Å²) < 4.78 is 68.3. The molecule has 0 aliphatic carbocycles. The summed E-state index contributed by atoms with van der Waals surface area (Å²) in [5.41, 5.74) is 0.318. The van der Waals surface area contributed by atoms with Gasteiger partial charge >= 0.3 is 12.1 Å². The fourth-order valence-electron chi connectivity index (χ4n) is 4.67. The fraction of sp³-hybridized carbons (Fsp3) is 0.462. The molecule has 0 saturated carbocycles. The predicted molar refractivity (Wildman–Crippen MR) is 134 cm³/mol. The van der Waals surface area contributed by atoms with Crippen molar-refractivity contribution in [2.24, 2.45) is 11.0 Å². The van der Waals surface area contributed by atoms with Crippen LogP contribution < -0.4 is 9.91 Å². The van der Waals surface area contributed by atoms with E-state index in [1.807, 2.05) is 24.8 Å². The van der Waals surface area contributed by atoms with E-state index in [1.54, 1.807) is 30.3 Å². The summed E-state index contributed by atoms with van der Waals surface area (Å²) in [4.78, 5) is 16.4. The Hall–Kier alpha value is -2.88. The van der Waals surface area contributed by atoms with Crippen LogP contribution in [0, 0.1) is 5.92 Å². The number of alkyl halides is 5. The number of carbonyl (C=O) groups excluding carboxylic acids is 1. The van der Waals surface area contributed by atoms with E-state index in [0.29, 0.717) is 31.7 Å². The third-order valence-electron chi connectivity index (χ3n) is 6.65. The Morgan fingerprint density at radius 2 is 1.73 bits per heavy atom. The van der Waals surface area contributed by atoms with E-state index in [4.69, 9.17) is 11.6 Å². The molecule has 0 bridgehead atoms. The summed E-state index contributed by atoms with van der Waals surface area (Å²) in [6.07, 6.45) is -5.62. The summed E-state index contributed by atoms with van der Waals surface area (Å²) in [6.45, 7) is 6.16. The van der Waals surface area contributed by atoms with Gasteiger partial charge in [-0.15, -0.1) is 0 Å². The molecule has 1 atom stereocenters. The van der Waals surface area contributed by atoms with E-state index in [0.717, 1.165) is 17.1 Å². The zero-order chi connectivity index (χ0) is 27.0. The van der Waals surface area contributed by atoms with E-state index >= 15 is 0 Å². The third kappa shape index (κ3) is 5.54. The highest BCUT2D eigenvalue weighted by atomic mass is 35.5. The van der Waals surface area contributed by atoms with Crippen molar-refractivity contribution < 1.29 is 26.7 Å². The van der Waals surface area contributed by atoms with Crippen LogP contribution in [0.2, 0.25) is 5.02 Å². The minimum Gasteiger partial charge on any atom is -0.370 e. The molecule has 2 aliphatic heterocycles. The van der Waals surface area contributed by atoms with E-state index in [1.165, 1.54) is 12.1 Å². The molecule has 2 aromatic rings. The summed E-state index contributed by atoms with van der Waals surface area (Å²) in [7, 11) is 0. The van der Waals surface area contributed by atoms with Crippen molar-refractivity contribution >= 4 is 34.6 Å². The number of hydrogen-bond acceptors (Lipinski definition) is 4. The summed E-state index contributed by atoms with van der Waals surface area (Å²) in [5.74, 6) is -5.08. The minimum absolute atomic E-state index is 0.0900. The van der Waals surface area contributed by atoms with Gasteiger partial charge in [-0.2, -0.15) is 27.1 Å². The van der Waals surface area contributed by atoms with Crippen LogP contribution in [-0.4, -0.2) is 54.8 Å². The van der Waals surface area contributed by atoms with Crippen LogP contribution in [0.1, 0.15) is 38.3 Å². The molecule has 4 rings (SSSR count). The molecule has 2 heterocycles. The average Bonchev–Trinajstić information content (AvgIpc) is 3.15. The predicted octanol–water partition coefficient (Wildman–Crippen LogP) is 6.54. The Morgan fingerprint density at radius 3 is 2.41 bits per heavy atom. The number of para-hydroxylation sites is 1. The van der Waals surface area contributed by atoms with Gasteiger partial charge in [-0.25, -0.2) is 0 Å². The maximum Gasteiger partial charge on any atom is 0.459 e. The first-order valence-corrected chi connectivity index (χ1v) is 12.5. The van der Waals surface area contributed by atoms with Gasteiger partial charge in [0.25, 0.3) is 0 Å².